The fraction of sp³-hybridized carbons (Fsp3) is 0.907. The van der Waals surface area contributed by atoms with Crippen LogP contribution in [0.2, 0.25) is 0 Å². The third-order valence-electron chi connectivity index (χ3n) is 19.9. The molecule has 0 radical (unpaired) electrons. The second-order valence-corrected chi connectivity index (χ2v) is 29.2. The van der Waals surface area contributed by atoms with Gasteiger partial charge in [-0.15, -0.1) is 0 Å². The molecule has 0 heterocycles. The molecule has 0 saturated carbocycles. The minimum Gasteiger partial charge on any atom is -0.466 e. The van der Waals surface area contributed by atoms with Crippen LogP contribution in [0.3, 0.4) is 0 Å². The molecule has 0 aliphatic carbocycles. The van der Waals surface area contributed by atoms with E-state index < -0.39 is 12.1 Å². The summed E-state index contributed by atoms with van der Waals surface area (Å²) in [7, 11) is 0. The zero-order valence-corrected chi connectivity index (χ0v) is 62.6. The molecule has 2 atom stereocenters. The number of aliphatic hydroxyl groups is 2. The Hall–Kier alpha value is -1.92. The number of hydrogen-bond donors (Lipinski definition) is 3. The first-order chi connectivity index (χ1) is 45.5. The van der Waals surface area contributed by atoms with Crippen molar-refractivity contribution in [2.45, 2.75) is 488 Å². The summed E-state index contributed by atoms with van der Waals surface area (Å²) in [4.78, 5) is 24.7. The lowest BCUT2D eigenvalue weighted by atomic mass is 10.0. The molecule has 0 spiro atoms. The number of unbranched alkanes of at least 4 members (excludes halogenated alkanes) is 65. The highest BCUT2D eigenvalue weighted by Gasteiger charge is 2.18. The highest BCUT2D eigenvalue weighted by molar-refractivity contribution is 5.76. The Balaban J connectivity index is 3.35. The maximum absolute atomic E-state index is 12.6. The Labute approximate surface area is 576 Å². The summed E-state index contributed by atoms with van der Waals surface area (Å²) in [6, 6.07) is -0.626. The van der Waals surface area contributed by atoms with Gasteiger partial charge in [-0.2, -0.15) is 0 Å². The maximum atomic E-state index is 12.6. The van der Waals surface area contributed by atoms with E-state index in [-0.39, 0.29) is 18.5 Å². The summed E-state index contributed by atoms with van der Waals surface area (Å²) >= 11 is 0. The quantitative estimate of drug-likeness (QED) is 0.0320. The summed E-state index contributed by atoms with van der Waals surface area (Å²) in [6.45, 7) is 4.94. The van der Waals surface area contributed by atoms with Gasteiger partial charge >= 0.3 is 5.97 Å². The SMILES string of the molecule is CCCCCC/C=C\C/C=C\CCCCCCCCCC(=O)OCCCCCCCCCCCCCCCCCCCCCCCCCCCCCCCCCCC(=O)NC(CO)C(O)/C=C/CCCCCCCCCCCCCCCCCCCCCCCCC. The molecule has 544 valence electrons. The van der Waals surface area contributed by atoms with E-state index in [1.54, 1.807) is 6.08 Å². The predicted octanol–water partition coefficient (Wildman–Crippen LogP) is 28.2. The summed E-state index contributed by atoms with van der Waals surface area (Å²) < 4.78 is 5.51. The van der Waals surface area contributed by atoms with Crippen molar-refractivity contribution in [2.24, 2.45) is 0 Å². The number of carbonyl (C=O) groups excluding carboxylic acids is 2. The van der Waals surface area contributed by atoms with Crippen molar-refractivity contribution in [1.82, 2.24) is 5.32 Å². The number of esters is 1. The zero-order chi connectivity index (χ0) is 66.3. The Morgan fingerprint density at radius 1 is 0.304 bits per heavy atom. The van der Waals surface area contributed by atoms with Crippen molar-refractivity contribution in [3.8, 4) is 0 Å². The molecular formula is C86H165NO5. The third-order valence-corrected chi connectivity index (χ3v) is 19.9. The van der Waals surface area contributed by atoms with E-state index in [9.17, 15) is 19.8 Å². The van der Waals surface area contributed by atoms with Gasteiger partial charge in [-0.1, -0.05) is 436 Å². The molecule has 0 aliphatic heterocycles. The van der Waals surface area contributed by atoms with Gasteiger partial charge in [0.1, 0.15) is 0 Å². The number of nitrogens with one attached hydrogen (secondary N) is 1. The highest BCUT2D eigenvalue weighted by atomic mass is 16.5. The first kappa shape index (κ1) is 90.1. The summed E-state index contributed by atoms with van der Waals surface area (Å²) in [6.07, 6.45) is 107. The molecule has 92 heavy (non-hydrogen) atoms. The second-order valence-electron chi connectivity index (χ2n) is 29.2. The van der Waals surface area contributed by atoms with E-state index in [0.717, 1.165) is 51.4 Å². The summed E-state index contributed by atoms with van der Waals surface area (Å²) in [5.41, 5.74) is 0. The van der Waals surface area contributed by atoms with Gasteiger partial charge in [0.25, 0.3) is 0 Å². The molecular weight excluding hydrogens is 1130 g/mol. The zero-order valence-electron chi connectivity index (χ0n) is 62.6. The molecule has 6 heteroatoms. The molecule has 0 aromatic rings. The van der Waals surface area contributed by atoms with Crippen LogP contribution in [-0.4, -0.2) is 47.4 Å². The highest BCUT2D eigenvalue weighted by Crippen LogP contribution is 2.20. The minimum absolute atomic E-state index is 0.0145. The molecule has 2 unspecified atom stereocenters. The number of rotatable bonds is 80. The monoisotopic (exact) mass is 1290 g/mol. The van der Waals surface area contributed by atoms with E-state index in [2.05, 4.69) is 43.5 Å². The number of carbonyl (C=O) groups is 2. The Morgan fingerprint density at radius 3 is 0.837 bits per heavy atom. The molecule has 3 N–H and O–H groups in total. The van der Waals surface area contributed by atoms with Gasteiger partial charge in [-0.05, 0) is 64.2 Å². The van der Waals surface area contributed by atoms with Crippen molar-refractivity contribution in [2.75, 3.05) is 13.2 Å². The fourth-order valence-electron chi connectivity index (χ4n) is 13.5. The van der Waals surface area contributed by atoms with E-state index in [1.165, 1.54) is 398 Å². The van der Waals surface area contributed by atoms with Crippen LogP contribution in [-0.2, 0) is 14.3 Å². The van der Waals surface area contributed by atoms with Gasteiger partial charge in [-0.25, -0.2) is 0 Å². The number of hydrogen-bond acceptors (Lipinski definition) is 5. The Kier molecular flexibility index (Phi) is 79.8. The topological polar surface area (TPSA) is 95.9 Å². The molecule has 0 aliphatic rings. The van der Waals surface area contributed by atoms with Crippen molar-refractivity contribution in [1.29, 1.82) is 0 Å². The average molecular weight is 1290 g/mol. The number of aliphatic hydroxyl groups excluding tert-OH is 2. The van der Waals surface area contributed by atoms with E-state index in [0.29, 0.717) is 19.4 Å². The van der Waals surface area contributed by atoms with Crippen LogP contribution in [0.25, 0.3) is 0 Å². The van der Waals surface area contributed by atoms with Gasteiger partial charge in [0.05, 0.1) is 25.4 Å². The van der Waals surface area contributed by atoms with Gasteiger partial charge < -0.3 is 20.3 Å². The van der Waals surface area contributed by atoms with Crippen LogP contribution in [0.4, 0.5) is 0 Å². The second kappa shape index (κ2) is 81.5. The normalized spacial score (nSPS) is 12.6. The van der Waals surface area contributed by atoms with Crippen LogP contribution in [0.15, 0.2) is 36.5 Å². The number of allylic oxidation sites excluding steroid dienone is 5. The van der Waals surface area contributed by atoms with Crippen LogP contribution in [0, 0.1) is 0 Å². The van der Waals surface area contributed by atoms with Crippen LogP contribution < -0.4 is 5.32 Å². The molecule has 0 fully saturated rings. The van der Waals surface area contributed by atoms with Crippen molar-refractivity contribution in [3.63, 3.8) is 0 Å². The van der Waals surface area contributed by atoms with Gasteiger partial charge in [0, 0.05) is 12.8 Å². The average Bonchev–Trinajstić information content (AvgIpc) is 3.77. The van der Waals surface area contributed by atoms with Crippen LogP contribution in [0.5, 0.6) is 0 Å². The minimum atomic E-state index is -0.843. The predicted molar refractivity (Wildman–Crippen MR) is 407 cm³/mol. The molecule has 0 bridgehead atoms. The number of ether oxygens (including phenoxy) is 1. The molecule has 6 nitrogen and oxygen atoms in total. The molecule has 0 rings (SSSR count). The lowest BCUT2D eigenvalue weighted by Gasteiger charge is -2.20. The Morgan fingerprint density at radius 2 is 0.543 bits per heavy atom. The molecule has 0 aromatic heterocycles. The smallest absolute Gasteiger partial charge is 0.305 e. The first-order valence-corrected chi connectivity index (χ1v) is 42.3. The first-order valence-electron chi connectivity index (χ1n) is 42.3. The van der Waals surface area contributed by atoms with E-state index in [1.807, 2.05) is 6.08 Å². The van der Waals surface area contributed by atoms with E-state index >= 15 is 0 Å². The van der Waals surface area contributed by atoms with Crippen LogP contribution >= 0.6 is 0 Å². The molecule has 0 saturated heterocycles. The standard InChI is InChI=1S/C86H165NO5/c1-3-5-7-9-11-13-15-17-19-21-23-24-25-34-37-40-43-46-50-54-58-62-66-70-74-78-84(89)83(82-88)87-85(90)79-75-71-67-63-59-55-51-47-44-41-38-35-32-30-28-26-27-29-31-33-36-39-42-45-49-53-57-61-65-69-73-77-81-92-86(91)80-76-72-68-64-60-56-52-48-22-20-18-16-14-12-10-8-6-4-2/h14,16,20,22,74,78,83-84,88-89H,3-13,15,17-19,21,23-73,75-77,79-82H2,1-2H3,(H,87,90)/b16-14-,22-20-,78-74+. The fourth-order valence-corrected chi connectivity index (χ4v) is 13.5. The summed E-state index contributed by atoms with van der Waals surface area (Å²) in [5.74, 6) is -0.0434. The van der Waals surface area contributed by atoms with Crippen molar-refractivity contribution >= 4 is 11.9 Å². The van der Waals surface area contributed by atoms with Gasteiger partial charge in [-0.3, -0.25) is 9.59 Å². The van der Waals surface area contributed by atoms with Crippen LogP contribution in [0.1, 0.15) is 476 Å². The van der Waals surface area contributed by atoms with Crippen molar-refractivity contribution in [3.05, 3.63) is 36.5 Å². The molecule has 0 aromatic carbocycles. The van der Waals surface area contributed by atoms with Crippen molar-refractivity contribution < 1.29 is 24.5 Å². The lowest BCUT2D eigenvalue weighted by Crippen LogP contribution is -2.45. The van der Waals surface area contributed by atoms with E-state index in [4.69, 9.17) is 4.74 Å². The molecule has 1 amide bonds. The van der Waals surface area contributed by atoms with Gasteiger partial charge in [0.2, 0.25) is 5.91 Å². The number of amides is 1. The largest absolute Gasteiger partial charge is 0.466 e. The Bertz CT molecular complexity index is 1490. The maximum Gasteiger partial charge on any atom is 0.305 e. The summed E-state index contributed by atoms with van der Waals surface area (Å²) in [5, 5.41) is 23.3. The van der Waals surface area contributed by atoms with Gasteiger partial charge in [0.15, 0.2) is 0 Å². The lowest BCUT2D eigenvalue weighted by molar-refractivity contribution is -0.143. The third kappa shape index (κ3) is 77.1.